The number of guanidine groups is 1. The highest BCUT2D eigenvalue weighted by Crippen LogP contribution is 2.26. The fraction of sp³-hybridized carbons (Fsp3) is 0.632. The van der Waals surface area contributed by atoms with E-state index in [0.29, 0.717) is 0 Å². The molecule has 1 fully saturated rings. The van der Waals surface area contributed by atoms with Gasteiger partial charge in [-0.25, -0.2) is 0 Å². The Morgan fingerprint density at radius 3 is 2.77 bits per heavy atom. The van der Waals surface area contributed by atoms with Crippen LogP contribution in [0, 0.1) is 0 Å². The van der Waals surface area contributed by atoms with E-state index < -0.39 is 0 Å². The van der Waals surface area contributed by atoms with Crippen LogP contribution in [0.1, 0.15) is 17.5 Å². The van der Waals surface area contributed by atoms with Crippen LogP contribution < -0.4 is 15.5 Å². The van der Waals surface area contributed by atoms with Crippen LogP contribution in [0.3, 0.4) is 0 Å². The fourth-order valence-corrected chi connectivity index (χ4v) is 3.51. The summed E-state index contributed by atoms with van der Waals surface area (Å²) < 4.78 is 5.38. The molecular weight excluding hydrogens is 441 g/mol. The molecule has 26 heavy (non-hydrogen) atoms. The molecule has 6 nitrogen and oxygen atoms in total. The topological polar surface area (TPSA) is 52.1 Å². The van der Waals surface area contributed by atoms with Crippen molar-refractivity contribution in [3.63, 3.8) is 0 Å². The first kappa shape index (κ1) is 21.2. The highest BCUT2D eigenvalue weighted by Gasteiger charge is 2.14. The molecule has 7 heteroatoms. The molecule has 0 unspecified atom stereocenters. The molecule has 3 rings (SSSR count). The lowest BCUT2D eigenvalue weighted by Crippen LogP contribution is -2.44. The first-order valence-electron chi connectivity index (χ1n) is 9.34. The number of ether oxygens (including phenoxy) is 1. The van der Waals surface area contributed by atoms with Crippen molar-refractivity contribution in [1.29, 1.82) is 0 Å². The lowest BCUT2D eigenvalue weighted by atomic mass is 9.99. The molecule has 1 aromatic rings. The molecule has 0 spiro atoms. The Bertz CT molecular complexity index is 589. The molecule has 2 aliphatic heterocycles. The van der Waals surface area contributed by atoms with Crippen LogP contribution in [-0.4, -0.2) is 70.9 Å². The number of aliphatic imine (C=N–C) groups is 1. The number of nitrogens with one attached hydrogen (secondary N) is 2. The summed E-state index contributed by atoms with van der Waals surface area (Å²) in [5.74, 6) is 0.864. The first-order valence-corrected chi connectivity index (χ1v) is 9.34. The van der Waals surface area contributed by atoms with Crippen molar-refractivity contribution in [3.8, 4) is 0 Å². The highest BCUT2D eigenvalue weighted by atomic mass is 127. The molecule has 0 radical (unpaired) electrons. The summed E-state index contributed by atoms with van der Waals surface area (Å²) in [7, 11) is 4.00. The molecule has 0 amide bonds. The Morgan fingerprint density at radius 1 is 1.19 bits per heavy atom. The summed E-state index contributed by atoms with van der Waals surface area (Å²) in [6.07, 6.45) is 2.42. The summed E-state index contributed by atoms with van der Waals surface area (Å²) in [5, 5.41) is 6.83. The summed E-state index contributed by atoms with van der Waals surface area (Å²) in [6.45, 7) is 7.62. The van der Waals surface area contributed by atoms with E-state index in [9.17, 15) is 0 Å². The summed E-state index contributed by atoms with van der Waals surface area (Å²) in [4.78, 5) is 9.10. The highest BCUT2D eigenvalue weighted by molar-refractivity contribution is 14.0. The van der Waals surface area contributed by atoms with Gasteiger partial charge in [-0.2, -0.15) is 0 Å². The van der Waals surface area contributed by atoms with Gasteiger partial charge in [-0.05, 0) is 30.0 Å². The van der Waals surface area contributed by atoms with E-state index in [1.54, 1.807) is 0 Å². The van der Waals surface area contributed by atoms with Crippen LogP contribution in [0.5, 0.6) is 0 Å². The molecular formula is C19H32IN5O. The third-order valence-electron chi connectivity index (χ3n) is 5.00. The second-order valence-corrected chi connectivity index (χ2v) is 6.79. The average molecular weight is 473 g/mol. The Morgan fingerprint density at radius 2 is 2.00 bits per heavy atom. The van der Waals surface area contributed by atoms with Gasteiger partial charge in [-0.15, -0.1) is 24.0 Å². The lowest BCUT2D eigenvalue weighted by Gasteiger charge is -2.28. The molecule has 2 aliphatic rings. The number of morpholine rings is 1. The SMILES string of the molecule is CN=C(NCCN1CCOCC1)NCc1ccc2c(c1)CCCN2C.I. The fourth-order valence-electron chi connectivity index (χ4n) is 3.51. The van der Waals surface area contributed by atoms with E-state index in [2.05, 4.69) is 50.7 Å². The largest absolute Gasteiger partial charge is 0.379 e. The molecule has 0 bridgehead atoms. The van der Waals surface area contributed by atoms with Crippen LogP contribution in [0.15, 0.2) is 23.2 Å². The standard InChI is InChI=1S/C19H31N5O.HI/c1-20-19(21-7-9-24-10-12-25-13-11-24)22-15-16-5-6-18-17(14-16)4-3-8-23(18)2;/h5-6,14H,3-4,7-13,15H2,1-2H3,(H2,20,21,22);1H. The molecule has 0 atom stereocenters. The maximum Gasteiger partial charge on any atom is 0.191 e. The molecule has 146 valence electrons. The minimum atomic E-state index is 0. The quantitative estimate of drug-likeness (QED) is 0.388. The van der Waals surface area contributed by atoms with Gasteiger partial charge in [0, 0.05) is 59.1 Å². The van der Waals surface area contributed by atoms with Crippen molar-refractivity contribution in [3.05, 3.63) is 29.3 Å². The number of hydrogen-bond acceptors (Lipinski definition) is 4. The van der Waals surface area contributed by atoms with Crippen molar-refractivity contribution >= 4 is 35.6 Å². The Hall–Kier alpha value is -1.06. The van der Waals surface area contributed by atoms with Gasteiger partial charge in [0.2, 0.25) is 0 Å². The van der Waals surface area contributed by atoms with E-state index >= 15 is 0 Å². The van der Waals surface area contributed by atoms with Crippen molar-refractivity contribution in [2.75, 3.05) is 64.9 Å². The van der Waals surface area contributed by atoms with Gasteiger partial charge in [0.25, 0.3) is 0 Å². The molecule has 0 aromatic heterocycles. The Kier molecular flexibility index (Phi) is 8.94. The monoisotopic (exact) mass is 473 g/mol. The van der Waals surface area contributed by atoms with Crippen LogP contribution in [0.25, 0.3) is 0 Å². The predicted molar refractivity (Wildman–Crippen MR) is 119 cm³/mol. The van der Waals surface area contributed by atoms with E-state index in [4.69, 9.17) is 4.74 Å². The van der Waals surface area contributed by atoms with Crippen molar-refractivity contribution < 1.29 is 4.74 Å². The molecule has 2 heterocycles. The van der Waals surface area contributed by atoms with Gasteiger partial charge in [0.15, 0.2) is 5.96 Å². The number of hydrogen-bond donors (Lipinski definition) is 2. The van der Waals surface area contributed by atoms with Crippen LogP contribution >= 0.6 is 24.0 Å². The van der Waals surface area contributed by atoms with E-state index in [1.807, 2.05) is 7.05 Å². The molecule has 1 aromatic carbocycles. The van der Waals surface area contributed by atoms with Crippen LogP contribution in [-0.2, 0) is 17.7 Å². The van der Waals surface area contributed by atoms with E-state index in [0.717, 1.165) is 58.4 Å². The maximum absolute atomic E-state index is 5.38. The lowest BCUT2D eigenvalue weighted by molar-refractivity contribution is 0.0389. The van der Waals surface area contributed by atoms with Gasteiger partial charge in [0.05, 0.1) is 13.2 Å². The number of benzene rings is 1. The predicted octanol–water partition coefficient (Wildman–Crippen LogP) is 1.68. The van der Waals surface area contributed by atoms with E-state index in [1.165, 1.54) is 29.7 Å². The molecule has 2 N–H and O–H groups in total. The third-order valence-corrected chi connectivity index (χ3v) is 5.00. The smallest absolute Gasteiger partial charge is 0.191 e. The van der Waals surface area contributed by atoms with Gasteiger partial charge >= 0.3 is 0 Å². The second kappa shape index (κ2) is 10.9. The Labute approximate surface area is 174 Å². The number of fused-ring (bicyclic) bond motifs is 1. The van der Waals surface area contributed by atoms with E-state index in [-0.39, 0.29) is 24.0 Å². The average Bonchev–Trinajstić information content (AvgIpc) is 2.65. The minimum absolute atomic E-state index is 0. The van der Waals surface area contributed by atoms with Gasteiger partial charge < -0.3 is 20.3 Å². The van der Waals surface area contributed by atoms with Gasteiger partial charge in [0.1, 0.15) is 0 Å². The van der Waals surface area contributed by atoms with Crippen molar-refractivity contribution in [2.45, 2.75) is 19.4 Å². The van der Waals surface area contributed by atoms with Crippen LogP contribution in [0.2, 0.25) is 0 Å². The number of anilines is 1. The first-order chi connectivity index (χ1) is 12.3. The van der Waals surface area contributed by atoms with Crippen molar-refractivity contribution in [1.82, 2.24) is 15.5 Å². The van der Waals surface area contributed by atoms with Crippen LogP contribution in [0.4, 0.5) is 5.69 Å². The number of aryl methyl sites for hydroxylation is 1. The van der Waals surface area contributed by atoms with Crippen molar-refractivity contribution in [2.24, 2.45) is 4.99 Å². The summed E-state index contributed by atoms with van der Waals surface area (Å²) in [5.41, 5.74) is 4.15. The van der Waals surface area contributed by atoms with Gasteiger partial charge in [-0.1, -0.05) is 12.1 Å². The zero-order valence-electron chi connectivity index (χ0n) is 16.0. The second-order valence-electron chi connectivity index (χ2n) is 6.79. The minimum Gasteiger partial charge on any atom is -0.379 e. The zero-order chi connectivity index (χ0) is 17.5. The zero-order valence-corrected chi connectivity index (χ0v) is 18.3. The number of rotatable bonds is 5. The molecule has 0 saturated carbocycles. The number of halogens is 1. The molecule has 1 saturated heterocycles. The summed E-state index contributed by atoms with van der Waals surface area (Å²) >= 11 is 0. The Balaban J connectivity index is 0.00000243. The van der Waals surface area contributed by atoms with Gasteiger partial charge in [-0.3, -0.25) is 9.89 Å². The maximum atomic E-state index is 5.38. The summed E-state index contributed by atoms with van der Waals surface area (Å²) in [6, 6.07) is 6.80. The number of nitrogens with zero attached hydrogens (tertiary/aromatic N) is 3. The normalized spacial score (nSPS) is 18.1. The molecule has 0 aliphatic carbocycles. The third kappa shape index (κ3) is 5.99.